The molecule has 6 heteroatoms. The van der Waals surface area contributed by atoms with Gasteiger partial charge in [-0.3, -0.25) is 0 Å². The molecule has 0 radical (unpaired) electrons. The summed E-state index contributed by atoms with van der Waals surface area (Å²) >= 11 is 7.31. The van der Waals surface area contributed by atoms with Crippen LogP contribution in [0.1, 0.15) is 0 Å². The van der Waals surface area contributed by atoms with Crippen LogP contribution in [0.5, 0.6) is 0 Å². The highest BCUT2D eigenvalue weighted by molar-refractivity contribution is 7.98. The Labute approximate surface area is 77.8 Å². The highest BCUT2D eigenvalue weighted by atomic mass is 35.5. The third kappa shape index (κ3) is 1.15. The number of halogens is 1. The number of aromatic amines is 1. The van der Waals surface area contributed by atoms with Gasteiger partial charge in [0.15, 0.2) is 16.0 Å². The fourth-order valence-corrected chi connectivity index (χ4v) is 1.43. The predicted octanol–water partition coefficient (Wildman–Crippen LogP) is 1.73. The summed E-state index contributed by atoms with van der Waals surface area (Å²) in [4.78, 5) is 15.0. The van der Waals surface area contributed by atoms with Gasteiger partial charge in [-0.25, -0.2) is 15.0 Å². The lowest BCUT2D eigenvalue weighted by Gasteiger charge is -1.87. The topological polar surface area (TPSA) is 54.5 Å². The largest absolute Gasteiger partial charge is 0.329 e. The van der Waals surface area contributed by atoms with Crippen LogP contribution >= 0.6 is 23.4 Å². The van der Waals surface area contributed by atoms with Crippen LogP contribution in [-0.4, -0.2) is 26.2 Å². The van der Waals surface area contributed by atoms with Crippen molar-refractivity contribution in [1.29, 1.82) is 0 Å². The molecule has 4 nitrogen and oxygen atoms in total. The van der Waals surface area contributed by atoms with Crippen molar-refractivity contribution in [2.45, 2.75) is 5.16 Å². The summed E-state index contributed by atoms with van der Waals surface area (Å²) in [5.41, 5.74) is 1.31. The number of nitrogens with zero attached hydrogens (tertiary/aromatic N) is 3. The van der Waals surface area contributed by atoms with Crippen molar-refractivity contribution in [3.63, 3.8) is 0 Å². The minimum Gasteiger partial charge on any atom is -0.329 e. The maximum Gasteiger partial charge on any atom is 0.183 e. The number of aromatic nitrogens is 4. The maximum absolute atomic E-state index is 5.80. The summed E-state index contributed by atoms with van der Waals surface area (Å²) in [7, 11) is 0. The summed E-state index contributed by atoms with van der Waals surface area (Å²) < 4.78 is 0. The van der Waals surface area contributed by atoms with Crippen molar-refractivity contribution in [3.05, 3.63) is 11.5 Å². The number of nitrogens with one attached hydrogen (secondary N) is 1. The van der Waals surface area contributed by atoms with Gasteiger partial charge in [-0.15, -0.1) is 0 Å². The molecule has 0 aliphatic rings. The van der Waals surface area contributed by atoms with Crippen LogP contribution in [0.2, 0.25) is 5.15 Å². The van der Waals surface area contributed by atoms with Crippen LogP contribution in [-0.2, 0) is 0 Å². The second kappa shape index (κ2) is 2.91. The highest BCUT2D eigenvalue weighted by Crippen LogP contribution is 2.19. The fourth-order valence-electron chi connectivity index (χ4n) is 0.876. The number of rotatable bonds is 1. The first kappa shape index (κ1) is 7.82. The van der Waals surface area contributed by atoms with Crippen LogP contribution in [0.4, 0.5) is 0 Å². The lowest BCUT2D eigenvalue weighted by atomic mass is 10.6. The van der Waals surface area contributed by atoms with Crippen molar-refractivity contribution in [2.75, 3.05) is 6.26 Å². The zero-order valence-electron chi connectivity index (χ0n) is 6.21. The standard InChI is InChI=1S/C6H5ClN4S/c1-12-6-10-3-4(7)8-2-9-5(3)11-6/h2H,1H3,(H,8,9,10,11). The van der Waals surface area contributed by atoms with Crippen molar-refractivity contribution < 1.29 is 0 Å². The molecule has 2 aromatic rings. The molecule has 2 aromatic heterocycles. The minimum absolute atomic E-state index is 0.410. The van der Waals surface area contributed by atoms with Gasteiger partial charge in [-0.1, -0.05) is 23.4 Å². The number of hydrogen-bond donors (Lipinski definition) is 1. The van der Waals surface area contributed by atoms with E-state index in [0.717, 1.165) is 5.16 Å². The van der Waals surface area contributed by atoms with E-state index in [0.29, 0.717) is 16.3 Å². The molecule has 0 bridgehead atoms. The van der Waals surface area contributed by atoms with Gasteiger partial charge >= 0.3 is 0 Å². The van der Waals surface area contributed by atoms with Gasteiger partial charge in [0, 0.05) is 0 Å². The Hall–Kier alpha value is -0.810. The predicted molar refractivity (Wildman–Crippen MR) is 48.5 cm³/mol. The number of fused-ring (bicyclic) bond motifs is 1. The second-order valence-electron chi connectivity index (χ2n) is 2.11. The van der Waals surface area contributed by atoms with E-state index >= 15 is 0 Å². The van der Waals surface area contributed by atoms with Gasteiger partial charge in [0.1, 0.15) is 11.8 Å². The van der Waals surface area contributed by atoms with E-state index in [-0.39, 0.29) is 0 Å². The Bertz CT molecular complexity index is 413. The summed E-state index contributed by atoms with van der Waals surface area (Å²) in [5.74, 6) is 0. The lowest BCUT2D eigenvalue weighted by molar-refractivity contribution is 1.08. The molecule has 1 N–H and O–H groups in total. The number of thioether (sulfide) groups is 1. The first-order valence-corrected chi connectivity index (χ1v) is 4.81. The van der Waals surface area contributed by atoms with Crippen LogP contribution in [0.3, 0.4) is 0 Å². The monoisotopic (exact) mass is 200 g/mol. The van der Waals surface area contributed by atoms with E-state index < -0.39 is 0 Å². The van der Waals surface area contributed by atoms with Crippen molar-refractivity contribution >= 4 is 34.5 Å². The molecule has 0 unspecified atom stereocenters. The van der Waals surface area contributed by atoms with E-state index in [1.807, 2.05) is 6.26 Å². The van der Waals surface area contributed by atoms with E-state index in [1.54, 1.807) is 0 Å². The molecule has 0 amide bonds. The van der Waals surface area contributed by atoms with Crippen LogP contribution < -0.4 is 0 Å². The first-order valence-electron chi connectivity index (χ1n) is 3.21. The second-order valence-corrected chi connectivity index (χ2v) is 3.26. The lowest BCUT2D eigenvalue weighted by Crippen LogP contribution is -1.80. The number of imidazole rings is 1. The molecular weight excluding hydrogens is 196 g/mol. The van der Waals surface area contributed by atoms with Gasteiger partial charge in [-0.2, -0.15) is 0 Å². The fraction of sp³-hybridized carbons (Fsp3) is 0.167. The van der Waals surface area contributed by atoms with Gasteiger partial charge < -0.3 is 4.98 Å². The summed E-state index contributed by atoms with van der Waals surface area (Å²) in [6, 6.07) is 0. The van der Waals surface area contributed by atoms with Gasteiger partial charge in [0.05, 0.1) is 0 Å². The van der Waals surface area contributed by atoms with Gasteiger partial charge in [-0.05, 0) is 6.26 Å². The van der Waals surface area contributed by atoms with Crippen LogP contribution in [0.25, 0.3) is 11.2 Å². The zero-order chi connectivity index (χ0) is 8.55. The normalized spacial score (nSPS) is 10.8. The molecule has 0 aromatic carbocycles. The van der Waals surface area contributed by atoms with Crippen molar-refractivity contribution in [1.82, 2.24) is 19.9 Å². The highest BCUT2D eigenvalue weighted by Gasteiger charge is 2.05. The molecule has 0 aliphatic carbocycles. The van der Waals surface area contributed by atoms with Crippen molar-refractivity contribution in [3.8, 4) is 0 Å². The van der Waals surface area contributed by atoms with Crippen LogP contribution in [0.15, 0.2) is 11.5 Å². The molecule has 2 rings (SSSR count). The van der Waals surface area contributed by atoms with E-state index in [1.165, 1.54) is 18.1 Å². The number of hydrogen-bond acceptors (Lipinski definition) is 4. The Kier molecular flexibility index (Phi) is 1.90. The Morgan fingerprint density at radius 3 is 3.00 bits per heavy atom. The third-order valence-corrected chi connectivity index (χ3v) is 2.28. The smallest absolute Gasteiger partial charge is 0.183 e. The number of H-pyrrole nitrogens is 1. The first-order chi connectivity index (χ1) is 5.81. The SMILES string of the molecule is CSc1nc2ncnc(Cl)c2[nH]1. The van der Waals surface area contributed by atoms with Crippen LogP contribution in [0, 0.1) is 0 Å². The zero-order valence-corrected chi connectivity index (χ0v) is 7.78. The average molecular weight is 201 g/mol. The molecule has 0 fully saturated rings. The van der Waals surface area contributed by atoms with Crippen molar-refractivity contribution in [2.24, 2.45) is 0 Å². The quantitative estimate of drug-likeness (QED) is 0.563. The molecule has 0 saturated carbocycles. The summed E-state index contributed by atoms with van der Waals surface area (Å²) in [6.45, 7) is 0. The minimum atomic E-state index is 0.410. The molecule has 0 aliphatic heterocycles. The van der Waals surface area contributed by atoms with E-state index in [2.05, 4.69) is 19.9 Å². The van der Waals surface area contributed by atoms with E-state index in [9.17, 15) is 0 Å². The summed E-state index contributed by atoms with van der Waals surface area (Å²) in [6.07, 6.45) is 3.33. The average Bonchev–Trinajstić information content (AvgIpc) is 2.49. The molecular formula is C6H5ClN4S. The molecule has 12 heavy (non-hydrogen) atoms. The third-order valence-electron chi connectivity index (χ3n) is 1.41. The molecule has 0 atom stereocenters. The maximum atomic E-state index is 5.80. The molecule has 0 saturated heterocycles. The Morgan fingerprint density at radius 2 is 2.33 bits per heavy atom. The molecule has 62 valence electrons. The summed E-state index contributed by atoms with van der Waals surface area (Å²) in [5, 5.41) is 1.21. The Balaban J connectivity index is 2.74. The van der Waals surface area contributed by atoms with E-state index in [4.69, 9.17) is 11.6 Å². The van der Waals surface area contributed by atoms with Gasteiger partial charge in [0.25, 0.3) is 0 Å². The molecule has 0 spiro atoms. The van der Waals surface area contributed by atoms with Gasteiger partial charge in [0.2, 0.25) is 0 Å². The Morgan fingerprint density at radius 1 is 1.50 bits per heavy atom. The molecule has 2 heterocycles.